The molecular weight excluding hydrogens is 703 g/mol. The minimum atomic E-state index is -1.08. The molecule has 5 nitrogen and oxygen atoms in total. The second-order valence-electron chi connectivity index (χ2n) is 15.5. The fraction of sp³-hybridized carbons (Fsp3) is 0.921. The second-order valence-corrected chi connectivity index (χ2v) is 22.8. The van der Waals surface area contributed by atoms with Crippen molar-refractivity contribution in [2.24, 2.45) is 0 Å². The average molecular weight is 774 g/mol. The molecule has 0 aromatic carbocycles. The summed E-state index contributed by atoms with van der Waals surface area (Å²) in [5.41, 5.74) is 4.45. The van der Waals surface area contributed by atoms with E-state index in [0.29, 0.717) is 10.3 Å². The third kappa shape index (κ3) is 22.6. The van der Waals surface area contributed by atoms with Crippen molar-refractivity contribution in [1.82, 2.24) is 0 Å². The minimum Gasteiger partial charge on any atom is -0.550 e. The first-order valence-corrected chi connectivity index (χ1v) is 21.2. The molecule has 0 radical (unpaired) electrons. The van der Waals surface area contributed by atoms with E-state index in [0.717, 1.165) is 36.5 Å². The number of carbonyl (C=O) groups is 2. The van der Waals surface area contributed by atoms with Crippen LogP contribution in [0.2, 0.25) is 0 Å². The molecule has 4 rings (SSSR count). The van der Waals surface area contributed by atoms with Crippen molar-refractivity contribution in [3.63, 3.8) is 0 Å². The van der Waals surface area contributed by atoms with Crippen LogP contribution in [0.1, 0.15) is 191 Å². The Bertz CT molecular complexity index is 706. The quantitative estimate of drug-likeness (QED) is 0.209. The van der Waals surface area contributed by atoms with Crippen molar-refractivity contribution < 1.29 is 40.2 Å². The Labute approximate surface area is 301 Å². The topological polar surface area (TPSA) is 104 Å². The summed E-state index contributed by atoms with van der Waals surface area (Å²) in [4.78, 5) is 17.8. The van der Waals surface area contributed by atoms with Crippen LogP contribution in [-0.2, 0) is 30.0 Å². The van der Waals surface area contributed by atoms with Gasteiger partial charge in [0.25, 0.3) is 0 Å². The first-order valence-electron chi connectivity index (χ1n) is 18.3. The molecule has 0 spiro atoms. The van der Waals surface area contributed by atoms with Gasteiger partial charge in [0.15, 0.2) is 0 Å². The molecule has 4 saturated carbocycles. The number of hydrogen-bond donors (Lipinski definition) is 0. The maximum atomic E-state index is 8.89. The Morgan fingerprint density at radius 3 is 0.761 bits per heavy atom. The molecular formula is C38H71NO4P2Pd. The van der Waals surface area contributed by atoms with Crippen LogP contribution in [0, 0.1) is 11.3 Å². The number of hydrogen-bond acceptors (Lipinski definition) is 5. The van der Waals surface area contributed by atoms with Gasteiger partial charge in [0.2, 0.25) is 0 Å². The van der Waals surface area contributed by atoms with E-state index in [1.54, 1.807) is 57.4 Å². The zero-order valence-electron chi connectivity index (χ0n) is 31.2. The van der Waals surface area contributed by atoms with Crippen LogP contribution < -0.4 is 10.2 Å². The molecule has 8 heteroatoms. The van der Waals surface area contributed by atoms with E-state index < -0.39 is 11.9 Å². The average Bonchev–Trinajstić information content (AvgIpc) is 2.94. The Hall–Kier alpha value is -0.0477. The Balaban J connectivity index is 0. The van der Waals surface area contributed by atoms with Crippen molar-refractivity contribution in [2.45, 2.75) is 224 Å². The number of carboxylic acids is 2. The maximum Gasteiger partial charge on any atom is 2.00 e. The standard InChI is InChI=1S/2C16H31P.C2H3N.2C2H4O2.Pd/c2*1-16(2,3)17(14-10-6-4-7-11-14)15-12-8-5-9-13-15;1-2-3;2*1-2(3)4;/h2*14-15H,4-13H2,1-3H3;1H3;2*1H3,(H,3,4);/q;;;;;+2/p-2. The number of carbonyl (C=O) groups excluding carboxylic acids is 2. The summed E-state index contributed by atoms with van der Waals surface area (Å²) in [6, 6.07) is 1.75. The van der Waals surface area contributed by atoms with Gasteiger partial charge in [-0.1, -0.05) is 134 Å². The summed E-state index contributed by atoms with van der Waals surface area (Å²) in [7, 11) is 0.524. The van der Waals surface area contributed by atoms with Crippen LogP contribution in [0.4, 0.5) is 0 Å². The molecule has 4 aliphatic carbocycles. The monoisotopic (exact) mass is 773 g/mol. The van der Waals surface area contributed by atoms with Gasteiger partial charge in [-0.15, -0.1) is 0 Å². The smallest absolute Gasteiger partial charge is 0.550 e. The van der Waals surface area contributed by atoms with Crippen molar-refractivity contribution in [3.8, 4) is 6.07 Å². The van der Waals surface area contributed by atoms with E-state index in [9.17, 15) is 0 Å². The predicted octanol–water partition coefficient (Wildman–Crippen LogP) is 9.90. The number of carboxylic acid groups (broad SMARTS) is 2. The van der Waals surface area contributed by atoms with Gasteiger partial charge in [-0.3, -0.25) is 0 Å². The number of nitriles is 1. The van der Waals surface area contributed by atoms with Gasteiger partial charge in [-0.2, -0.15) is 5.26 Å². The van der Waals surface area contributed by atoms with Crippen LogP contribution in [-0.4, -0.2) is 44.9 Å². The van der Waals surface area contributed by atoms with E-state index >= 15 is 0 Å². The summed E-state index contributed by atoms with van der Waals surface area (Å²) in [6.07, 6.45) is 30.6. The van der Waals surface area contributed by atoms with Crippen LogP contribution in [0.15, 0.2) is 0 Å². The largest absolute Gasteiger partial charge is 2.00 e. The molecule has 272 valence electrons. The molecule has 0 aliphatic heterocycles. The second kappa shape index (κ2) is 26.8. The van der Waals surface area contributed by atoms with E-state index in [2.05, 4.69) is 41.5 Å². The van der Waals surface area contributed by atoms with E-state index in [-0.39, 0.29) is 36.3 Å². The maximum absolute atomic E-state index is 8.89. The summed E-state index contributed by atoms with van der Waals surface area (Å²) in [6.45, 7) is 18.6. The third-order valence-electron chi connectivity index (χ3n) is 9.42. The molecule has 0 aromatic heterocycles. The molecule has 0 saturated heterocycles. The van der Waals surface area contributed by atoms with Gasteiger partial charge in [0.1, 0.15) is 0 Å². The molecule has 0 heterocycles. The minimum absolute atomic E-state index is 0. The number of rotatable bonds is 4. The molecule has 4 fully saturated rings. The molecule has 46 heavy (non-hydrogen) atoms. The molecule has 0 unspecified atom stereocenters. The molecule has 0 aromatic rings. The van der Waals surface area contributed by atoms with Crippen molar-refractivity contribution in [1.29, 1.82) is 5.26 Å². The summed E-state index contributed by atoms with van der Waals surface area (Å²) in [5.74, 6) is -2.17. The fourth-order valence-electron chi connectivity index (χ4n) is 8.22. The molecule has 0 amide bonds. The van der Waals surface area contributed by atoms with E-state index in [1.807, 2.05) is 0 Å². The zero-order chi connectivity index (χ0) is 34.5. The van der Waals surface area contributed by atoms with Gasteiger partial charge in [-0.05, 0) is 98.2 Å². The summed E-state index contributed by atoms with van der Waals surface area (Å²) < 4.78 is 0. The normalized spacial score (nSPS) is 20.0. The van der Waals surface area contributed by atoms with Crippen molar-refractivity contribution in [2.75, 3.05) is 0 Å². The first-order chi connectivity index (χ1) is 21.1. The van der Waals surface area contributed by atoms with Gasteiger partial charge in [0, 0.05) is 18.9 Å². The van der Waals surface area contributed by atoms with E-state index in [4.69, 9.17) is 25.1 Å². The van der Waals surface area contributed by atoms with Crippen molar-refractivity contribution in [3.05, 3.63) is 0 Å². The summed E-state index contributed by atoms with van der Waals surface area (Å²) in [5, 5.41) is 26.3. The number of nitrogens with zero attached hydrogens (tertiary/aromatic N) is 1. The Kier molecular flexibility index (Phi) is 28.0. The van der Waals surface area contributed by atoms with Crippen LogP contribution in [0.5, 0.6) is 0 Å². The van der Waals surface area contributed by atoms with Gasteiger partial charge in [-0.25, -0.2) is 0 Å². The Morgan fingerprint density at radius 2 is 0.652 bits per heavy atom. The summed E-state index contributed by atoms with van der Waals surface area (Å²) >= 11 is 0. The van der Waals surface area contributed by atoms with Crippen LogP contribution >= 0.6 is 15.8 Å². The predicted molar refractivity (Wildman–Crippen MR) is 193 cm³/mol. The Morgan fingerprint density at radius 1 is 0.522 bits per heavy atom. The molecule has 0 bridgehead atoms. The number of aliphatic carboxylic acids is 2. The molecule has 4 aliphatic rings. The van der Waals surface area contributed by atoms with Crippen LogP contribution in [0.25, 0.3) is 0 Å². The van der Waals surface area contributed by atoms with Gasteiger partial charge in [0.05, 0.1) is 6.07 Å². The fourth-order valence-corrected chi connectivity index (χ4v) is 17.5. The molecule has 0 N–H and O–H groups in total. The first kappa shape index (κ1) is 48.1. The SMILES string of the molecule is CC#N.CC(=O)[O-].CC(=O)[O-].CC(C)(C)P(C1CCCCC1)C1CCCCC1.CC(C)(C)P(C1CCCCC1)C1CCCCC1.[Pd+2]. The van der Waals surface area contributed by atoms with Crippen molar-refractivity contribution >= 4 is 27.8 Å². The molecule has 0 atom stereocenters. The zero-order valence-corrected chi connectivity index (χ0v) is 34.6. The van der Waals surface area contributed by atoms with Gasteiger partial charge >= 0.3 is 20.4 Å². The third-order valence-corrected chi connectivity index (χ3v) is 17.7. The van der Waals surface area contributed by atoms with Gasteiger partial charge < -0.3 is 19.8 Å². The van der Waals surface area contributed by atoms with Crippen LogP contribution in [0.3, 0.4) is 0 Å². The van der Waals surface area contributed by atoms with E-state index in [1.165, 1.54) is 84.0 Å².